The van der Waals surface area contributed by atoms with E-state index in [1.807, 2.05) is 13.8 Å². The molecule has 2 N–H and O–H groups in total. The number of hydrogen-bond donors (Lipinski definition) is 2. The van der Waals surface area contributed by atoms with E-state index in [9.17, 15) is 4.79 Å². The molecule has 1 aliphatic heterocycles. The molecule has 88 valence electrons. The fourth-order valence-corrected chi connectivity index (χ4v) is 1.63. The van der Waals surface area contributed by atoms with Crippen molar-refractivity contribution in [2.75, 3.05) is 39.3 Å². The summed E-state index contributed by atoms with van der Waals surface area (Å²) in [7, 11) is 0. The Labute approximate surface area is 92.4 Å². The van der Waals surface area contributed by atoms with E-state index < -0.39 is 0 Å². The third kappa shape index (κ3) is 4.62. The van der Waals surface area contributed by atoms with E-state index in [4.69, 9.17) is 0 Å². The predicted octanol–water partition coefficient (Wildman–Crippen LogP) is 0.0539. The largest absolute Gasteiger partial charge is 0.355 e. The zero-order chi connectivity index (χ0) is 11.1. The summed E-state index contributed by atoms with van der Waals surface area (Å²) in [6.07, 6.45) is 0.916. The zero-order valence-electron chi connectivity index (χ0n) is 9.88. The third-order valence-electron chi connectivity index (χ3n) is 3.00. The van der Waals surface area contributed by atoms with Crippen LogP contribution in [0.3, 0.4) is 0 Å². The molecular weight excluding hydrogens is 190 g/mol. The number of piperazine rings is 1. The SMILES string of the molecule is CCC(C)C(=O)NCCN1CCNCC1. The second-order valence-corrected chi connectivity index (χ2v) is 4.19. The van der Waals surface area contributed by atoms with Gasteiger partial charge in [-0.25, -0.2) is 0 Å². The highest BCUT2D eigenvalue weighted by atomic mass is 16.1. The molecule has 0 bridgehead atoms. The van der Waals surface area contributed by atoms with Gasteiger partial charge in [0.25, 0.3) is 0 Å². The Hall–Kier alpha value is -0.610. The smallest absolute Gasteiger partial charge is 0.222 e. The Morgan fingerprint density at radius 2 is 2.13 bits per heavy atom. The maximum absolute atomic E-state index is 11.5. The molecule has 0 aliphatic carbocycles. The molecular formula is C11H23N3O. The maximum Gasteiger partial charge on any atom is 0.222 e. The van der Waals surface area contributed by atoms with E-state index >= 15 is 0 Å². The maximum atomic E-state index is 11.5. The van der Waals surface area contributed by atoms with E-state index in [2.05, 4.69) is 15.5 Å². The van der Waals surface area contributed by atoms with Crippen molar-refractivity contribution in [2.45, 2.75) is 20.3 Å². The van der Waals surface area contributed by atoms with Crippen molar-refractivity contribution in [3.8, 4) is 0 Å². The topological polar surface area (TPSA) is 44.4 Å². The van der Waals surface area contributed by atoms with Gasteiger partial charge in [0.15, 0.2) is 0 Å². The highest BCUT2D eigenvalue weighted by Crippen LogP contribution is 1.99. The molecule has 1 saturated heterocycles. The van der Waals surface area contributed by atoms with Gasteiger partial charge in [-0.2, -0.15) is 0 Å². The van der Waals surface area contributed by atoms with Gasteiger partial charge in [0.1, 0.15) is 0 Å². The molecule has 1 rings (SSSR count). The summed E-state index contributed by atoms with van der Waals surface area (Å²) < 4.78 is 0. The minimum atomic E-state index is 0.146. The minimum Gasteiger partial charge on any atom is -0.355 e. The van der Waals surface area contributed by atoms with Gasteiger partial charge in [0, 0.05) is 45.2 Å². The molecule has 0 radical (unpaired) electrons. The molecule has 4 heteroatoms. The standard InChI is InChI=1S/C11H23N3O/c1-3-10(2)11(15)13-6-9-14-7-4-12-5-8-14/h10,12H,3-9H2,1-2H3,(H,13,15). The summed E-state index contributed by atoms with van der Waals surface area (Å²) in [6, 6.07) is 0. The van der Waals surface area contributed by atoms with Crippen LogP contribution in [0.15, 0.2) is 0 Å². The molecule has 1 heterocycles. The lowest BCUT2D eigenvalue weighted by atomic mass is 10.1. The van der Waals surface area contributed by atoms with Crippen molar-refractivity contribution in [1.82, 2.24) is 15.5 Å². The van der Waals surface area contributed by atoms with Gasteiger partial charge in [-0.15, -0.1) is 0 Å². The van der Waals surface area contributed by atoms with Gasteiger partial charge in [-0.3, -0.25) is 9.69 Å². The van der Waals surface area contributed by atoms with E-state index in [0.29, 0.717) is 0 Å². The van der Waals surface area contributed by atoms with Crippen LogP contribution in [0.1, 0.15) is 20.3 Å². The second kappa shape index (κ2) is 6.80. The Kier molecular flexibility index (Phi) is 5.65. The van der Waals surface area contributed by atoms with Crippen molar-refractivity contribution in [2.24, 2.45) is 5.92 Å². The lowest BCUT2D eigenvalue weighted by Crippen LogP contribution is -2.46. The van der Waals surface area contributed by atoms with Crippen LogP contribution in [0.25, 0.3) is 0 Å². The molecule has 15 heavy (non-hydrogen) atoms. The third-order valence-corrected chi connectivity index (χ3v) is 3.00. The van der Waals surface area contributed by atoms with Gasteiger partial charge in [0.05, 0.1) is 0 Å². The van der Waals surface area contributed by atoms with Gasteiger partial charge >= 0.3 is 0 Å². The van der Waals surface area contributed by atoms with Crippen LogP contribution in [-0.4, -0.2) is 50.1 Å². The van der Waals surface area contributed by atoms with Crippen LogP contribution in [0, 0.1) is 5.92 Å². The fraction of sp³-hybridized carbons (Fsp3) is 0.909. The summed E-state index contributed by atoms with van der Waals surface area (Å²) in [5, 5.41) is 6.29. The van der Waals surface area contributed by atoms with Gasteiger partial charge in [0.2, 0.25) is 5.91 Å². The summed E-state index contributed by atoms with van der Waals surface area (Å²) in [4.78, 5) is 13.9. The average molecular weight is 213 g/mol. The van der Waals surface area contributed by atoms with E-state index in [1.54, 1.807) is 0 Å². The van der Waals surface area contributed by atoms with Crippen molar-refractivity contribution < 1.29 is 4.79 Å². The first-order valence-electron chi connectivity index (χ1n) is 5.94. The molecule has 0 aromatic rings. The Morgan fingerprint density at radius 1 is 1.47 bits per heavy atom. The summed E-state index contributed by atoms with van der Waals surface area (Å²) in [6.45, 7) is 10.1. The number of nitrogens with one attached hydrogen (secondary N) is 2. The highest BCUT2D eigenvalue weighted by molar-refractivity contribution is 5.78. The molecule has 1 unspecified atom stereocenters. The summed E-state index contributed by atoms with van der Waals surface area (Å²) >= 11 is 0. The van der Waals surface area contributed by atoms with Gasteiger partial charge in [-0.1, -0.05) is 13.8 Å². The Morgan fingerprint density at radius 3 is 2.73 bits per heavy atom. The highest BCUT2D eigenvalue weighted by Gasteiger charge is 2.11. The number of nitrogens with zero attached hydrogens (tertiary/aromatic N) is 1. The molecule has 0 saturated carbocycles. The first kappa shape index (κ1) is 12.5. The average Bonchev–Trinajstić information content (AvgIpc) is 2.29. The monoisotopic (exact) mass is 213 g/mol. The number of amides is 1. The Balaban J connectivity index is 2.07. The zero-order valence-corrected chi connectivity index (χ0v) is 9.88. The van der Waals surface area contributed by atoms with Crippen LogP contribution >= 0.6 is 0 Å². The van der Waals surface area contributed by atoms with Crippen molar-refractivity contribution in [3.05, 3.63) is 0 Å². The fourth-order valence-electron chi connectivity index (χ4n) is 1.63. The van der Waals surface area contributed by atoms with Crippen LogP contribution in [-0.2, 0) is 4.79 Å². The molecule has 0 spiro atoms. The number of carbonyl (C=O) groups excluding carboxylic acids is 1. The molecule has 0 aromatic heterocycles. The van der Waals surface area contributed by atoms with E-state index in [-0.39, 0.29) is 11.8 Å². The van der Waals surface area contributed by atoms with Crippen molar-refractivity contribution in [3.63, 3.8) is 0 Å². The minimum absolute atomic E-state index is 0.146. The van der Waals surface area contributed by atoms with Gasteiger partial charge < -0.3 is 10.6 Å². The normalized spacial score (nSPS) is 19.9. The van der Waals surface area contributed by atoms with Crippen LogP contribution < -0.4 is 10.6 Å². The molecule has 1 fully saturated rings. The van der Waals surface area contributed by atoms with Crippen molar-refractivity contribution in [1.29, 1.82) is 0 Å². The quantitative estimate of drug-likeness (QED) is 0.678. The predicted molar refractivity (Wildman–Crippen MR) is 61.8 cm³/mol. The first-order chi connectivity index (χ1) is 7.24. The van der Waals surface area contributed by atoms with E-state index in [0.717, 1.165) is 45.7 Å². The molecule has 1 atom stereocenters. The van der Waals surface area contributed by atoms with Gasteiger partial charge in [-0.05, 0) is 6.42 Å². The van der Waals surface area contributed by atoms with Crippen LogP contribution in [0.2, 0.25) is 0 Å². The number of hydrogen-bond acceptors (Lipinski definition) is 3. The van der Waals surface area contributed by atoms with Crippen molar-refractivity contribution >= 4 is 5.91 Å². The lowest BCUT2D eigenvalue weighted by Gasteiger charge is -2.27. The van der Waals surface area contributed by atoms with Crippen LogP contribution in [0.5, 0.6) is 0 Å². The Bertz CT molecular complexity index is 190. The summed E-state index contributed by atoms with van der Waals surface area (Å²) in [5.41, 5.74) is 0. The first-order valence-corrected chi connectivity index (χ1v) is 5.94. The molecule has 1 aliphatic rings. The second-order valence-electron chi connectivity index (χ2n) is 4.19. The van der Waals surface area contributed by atoms with E-state index in [1.165, 1.54) is 0 Å². The van der Waals surface area contributed by atoms with Crippen LogP contribution in [0.4, 0.5) is 0 Å². The number of carbonyl (C=O) groups is 1. The molecule has 1 amide bonds. The molecule has 0 aromatic carbocycles. The molecule has 4 nitrogen and oxygen atoms in total. The lowest BCUT2D eigenvalue weighted by molar-refractivity contribution is -0.124. The summed E-state index contributed by atoms with van der Waals surface area (Å²) in [5.74, 6) is 0.334. The number of rotatable bonds is 5.